The van der Waals surface area contributed by atoms with Crippen molar-refractivity contribution in [1.82, 2.24) is 25.9 Å². The molecule has 40 heavy (non-hydrogen) atoms. The van der Waals surface area contributed by atoms with Gasteiger partial charge in [0.25, 0.3) is 0 Å². The summed E-state index contributed by atoms with van der Waals surface area (Å²) in [6.07, 6.45) is 3.94. The Morgan fingerprint density at radius 1 is 0.800 bits per heavy atom. The summed E-state index contributed by atoms with van der Waals surface area (Å²) in [6, 6.07) is 12.3. The van der Waals surface area contributed by atoms with Crippen molar-refractivity contribution in [1.29, 1.82) is 0 Å². The number of hydrogen-bond donors (Lipinski definition) is 7. The van der Waals surface area contributed by atoms with Gasteiger partial charge in [0.15, 0.2) is 0 Å². The number of nitrogens with two attached hydrogens (primary N) is 1. The summed E-state index contributed by atoms with van der Waals surface area (Å²) in [7, 11) is 0. The molecule has 11 nitrogen and oxygen atoms in total. The Balaban J connectivity index is 1.47. The molecular formula is C29H34N6O5. The molecular weight excluding hydrogens is 512 g/mol. The quantitative estimate of drug-likeness (QED) is 0.142. The van der Waals surface area contributed by atoms with Crippen molar-refractivity contribution in [2.75, 3.05) is 6.54 Å². The highest BCUT2D eigenvalue weighted by Crippen LogP contribution is 2.20. The Bertz CT molecular complexity index is 1520. The molecule has 0 radical (unpaired) electrons. The number of carboxylic acid groups (broad SMARTS) is 1. The van der Waals surface area contributed by atoms with Gasteiger partial charge in [-0.3, -0.25) is 19.2 Å². The molecule has 0 aliphatic carbocycles. The molecule has 8 N–H and O–H groups in total. The van der Waals surface area contributed by atoms with Crippen molar-refractivity contribution in [3.8, 4) is 0 Å². The highest BCUT2D eigenvalue weighted by atomic mass is 16.4. The van der Waals surface area contributed by atoms with Crippen molar-refractivity contribution in [3.05, 3.63) is 72.1 Å². The number of hydrogen-bond acceptors (Lipinski definition) is 5. The summed E-state index contributed by atoms with van der Waals surface area (Å²) >= 11 is 0. The fourth-order valence-electron chi connectivity index (χ4n) is 4.70. The first-order valence-electron chi connectivity index (χ1n) is 13.1. The van der Waals surface area contributed by atoms with Crippen LogP contribution in [0.2, 0.25) is 0 Å². The average Bonchev–Trinajstić information content (AvgIpc) is 3.53. The number of carbonyl (C=O) groups is 4. The third-order valence-corrected chi connectivity index (χ3v) is 6.84. The lowest BCUT2D eigenvalue weighted by atomic mass is 9.99. The molecule has 3 amide bonds. The maximum absolute atomic E-state index is 13.4. The average molecular weight is 547 g/mol. The summed E-state index contributed by atoms with van der Waals surface area (Å²) in [5.41, 5.74) is 9.69. The maximum atomic E-state index is 13.4. The molecule has 0 fully saturated rings. The van der Waals surface area contributed by atoms with E-state index >= 15 is 0 Å². The van der Waals surface area contributed by atoms with Crippen LogP contribution in [0.1, 0.15) is 25.0 Å². The number of benzene rings is 2. The molecule has 0 saturated heterocycles. The molecule has 2 aromatic carbocycles. The number of aliphatic carboxylic acids is 1. The number of aromatic nitrogens is 2. The van der Waals surface area contributed by atoms with E-state index < -0.39 is 48.4 Å². The smallest absolute Gasteiger partial charge is 0.322 e. The Morgan fingerprint density at radius 3 is 1.90 bits per heavy atom. The fourth-order valence-corrected chi connectivity index (χ4v) is 4.70. The highest BCUT2D eigenvalue weighted by molar-refractivity contribution is 5.95. The number of amides is 3. The third-order valence-electron chi connectivity index (χ3n) is 6.84. The largest absolute Gasteiger partial charge is 0.480 e. The van der Waals surface area contributed by atoms with Gasteiger partial charge in [-0.1, -0.05) is 50.2 Å². The molecule has 3 unspecified atom stereocenters. The first kappa shape index (κ1) is 28.4. The Morgan fingerprint density at radius 2 is 1.35 bits per heavy atom. The first-order valence-corrected chi connectivity index (χ1v) is 13.1. The standard InChI is InChI=1S/C29H34N6O5/c1-16(2)26(35-27(38)21(30)11-17-13-31-22-9-5-3-7-19(17)22)29(40)34-24(28(39)33-15-25(36)37)12-18-14-32-23-10-6-4-8-20(18)23/h3-10,13-14,16,21,24,26,31-32H,11-12,15,30H2,1-2H3,(H,33,39)(H,34,40)(H,35,38)(H,36,37). The summed E-state index contributed by atoms with van der Waals surface area (Å²) in [4.78, 5) is 56.7. The lowest BCUT2D eigenvalue weighted by Gasteiger charge is -2.26. The van der Waals surface area contributed by atoms with Crippen LogP contribution < -0.4 is 21.7 Å². The zero-order chi connectivity index (χ0) is 28.8. The van der Waals surface area contributed by atoms with Crippen molar-refractivity contribution in [3.63, 3.8) is 0 Å². The van der Waals surface area contributed by atoms with Gasteiger partial charge >= 0.3 is 5.97 Å². The Labute approximate surface area is 230 Å². The van der Waals surface area contributed by atoms with Crippen LogP contribution in [0.5, 0.6) is 0 Å². The number of aromatic amines is 2. The van der Waals surface area contributed by atoms with E-state index in [4.69, 9.17) is 10.8 Å². The molecule has 210 valence electrons. The van der Waals surface area contributed by atoms with E-state index in [1.807, 2.05) is 54.7 Å². The normalized spacial score (nSPS) is 13.6. The van der Waals surface area contributed by atoms with E-state index in [1.165, 1.54) is 0 Å². The van der Waals surface area contributed by atoms with Crippen LogP contribution in [0.15, 0.2) is 60.9 Å². The molecule has 4 aromatic rings. The number of nitrogens with one attached hydrogen (secondary N) is 5. The maximum Gasteiger partial charge on any atom is 0.322 e. The van der Waals surface area contributed by atoms with Crippen molar-refractivity contribution in [2.45, 2.75) is 44.8 Å². The molecule has 2 heterocycles. The molecule has 2 aromatic heterocycles. The topological polar surface area (TPSA) is 182 Å². The second-order valence-corrected chi connectivity index (χ2v) is 10.1. The molecule has 3 atom stereocenters. The number of rotatable bonds is 12. The van der Waals surface area contributed by atoms with E-state index in [9.17, 15) is 19.2 Å². The van der Waals surface area contributed by atoms with Crippen molar-refractivity contribution >= 4 is 45.5 Å². The van der Waals surface area contributed by atoms with Gasteiger partial charge in [-0.2, -0.15) is 0 Å². The van der Waals surface area contributed by atoms with E-state index in [0.29, 0.717) is 0 Å². The molecule has 0 saturated carbocycles. The zero-order valence-corrected chi connectivity index (χ0v) is 22.4. The lowest BCUT2D eigenvalue weighted by Crippen LogP contribution is -2.58. The van der Waals surface area contributed by atoms with E-state index in [2.05, 4.69) is 25.9 Å². The summed E-state index contributed by atoms with van der Waals surface area (Å²) in [5.74, 6) is -3.24. The second kappa shape index (κ2) is 12.5. The molecule has 0 aliphatic rings. The molecule has 0 spiro atoms. The van der Waals surface area contributed by atoms with Gasteiger partial charge in [0, 0.05) is 40.6 Å². The summed E-state index contributed by atoms with van der Waals surface area (Å²) < 4.78 is 0. The molecule has 4 rings (SSSR count). The molecule has 0 aliphatic heterocycles. The number of carbonyl (C=O) groups excluding carboxylic acids is 3. The van der Waals surface area contributed by atoms with Crippen LogP contribution in [-0.2, 0) is 32.0 Å². The molecule has 0 bridgehead atoms. The second-order valence-electron chi connectivity index (χ2n) is 10.1. The van der Waals surface area contributed by atoms with Crippen LogP contribution in [0.3, 0.4) is 0 Å². The van der Waals surface area contributed by atoms with Crippen LogP contribution in [0.4, 0.5) is 0 Å². The minimum absolute atomic E-state index is 0.111. The number of para-hydroxylation sites is 2. The van der Waals surface area contributed by atoms with Gasteiger partial charge in [-0.05, 0) is 35.6 Å². The van der Waals surface area contributed by atoms with Crippen LogP contribution >= 0.6 is 0 Å². The molecule has 11 heteroatoms. The van der Waals surface area contributed by atoms with Gasteiger partial charge in [-0.25, -0.2) is 0 Å². The summed E-state index contributed by atoms with van der Waals surface area (Å²) in [5, 5.41) is 18.7. The Hall–Kier alpha value is -4.64. The predicted octanol–water partition coefficient (Wildman–Crippen LogP) is 1.59. The SMILES string of the molecule is CC(C)C(NC(=O)C(N)Cc1c[nH]c2ccccc12)C(=O)NC(Cc1c[nH]c2ccccc12)C(=O)NCC(=O)O. The monoisotopic (exact) mass is 546 g/mol. The van der Waals surface area contributed by atoms with Gasteiger partial charge in [0.2, 0.25) is 17.7 Å². The van der Waals surface area contributed by atoms with Crippen molar-refractivity contribution in [2.24, 2.45) is 11.7 Å². The summed E-state index contributed by atoms with van der Waals surface area (Å²) in [6.45, 7) is 2.95. The zero-order valence-electron chi connectivity index (χ0n) is 22.4. The van der Waals surface area contributed by atoms with E-state index in [0.717, 1.165) is 32.9 Å². The fraction of sp³-hybridized carbons (Fsp3) is 0.310. The van der Waals surface area contributed by atoms with Crippen LogP contribution in [0, 0.1) is 5.92 Å². The lowest BCUT2D eigenvalue weighted by molar-refractivity contribution is -0.138. The van der Waals surface area contributed by atoms with Crippen molar-refractivity contribution < 1.29 is 24.3 Å². The van der Waals surface area contributed by atoms with Crippen LogP contribution in [-0.4, -0.2) is 63.4 Å². The highest BCUT2D eigenvalue weighted by Gasteiger charge is 2.31. The van der Waals surface area contributed by atoms with Gasteiger partial charge in [-0.15, -0.1) is 0 Å². The van der Waals surface area contributed by atoms with Gasteiger partial charge in [0.05, 0.1) is 6.04 Å². The number of carboxylic acids is 1. The minimum Gasteiger partial charge on any atom is -0.480 e. The minimum atomic E-state index is -1.21. The Kier molecular flexibility index (Phi) is 8.85. The third kappa shape index (κ3) is 6.67. The predicted molar refractivity (Wildman–Crippen MR) is 151 cm³/mol. The van der Waals surface area contributed by atoms with Crippen LogP contribution in [0.25, 0.3) is 21.8 Å². The van der Waals surface area contributed by atoms with Gasteiger partial charge < -0.3 is 36.8 Å². The van der Waals surface area contributed by atoms with E-state index in [1.54, 1.807) is 20.0 Å². The van der Waals surface area contributed by atoms with E-state index in [-0.39, 0.29) is 18.8 Å². The number of fused-ring (bicyclic) bond motifs is 2. The first-order chi connectivity index (χ1) is 19.1. The number of H-pyrrole nitrogens is 2. The van der Waals surface area contributed by atoms with Gasteiger partial charge in [0.1, 0.15) is 18.6 Å².